The summed E-state index contributed by atoms with van der Waals surface area (Å²) in [6, 6.07) is 13.4. The van der Waals surface area contributed by atoms with Gasteiger partial charge in [0.05, 0.1) is 7.11 Å². The van der Waals surface area contributed by atoms with Gasteiger partial charge in [-0.1, -0.05) is 18.2 Å². The third-order valence-corrected chi connectivity index (χ3v) is 4.75. The molecule has 1 fully saturated rings. The normalized spacial score (nSPS) is 20.8. The Balaban J connectivity index is 1.83. The summed E-state index contributed by atoms with van der Waals surface area (Å²) in [6.45, 7) is 5.38. The number of ether oxygens (including phenoxy) is 1. The molecule has 0 bridgehead atoms. The molecule has 0 aliphatic carbocycles. The van der Waals surface area contributed by atoms with Crippen molar-refractivity contribution in [2.45, 2.75) is 19.4 Å². The van der Waals surface area contributed by atoms with Gasteiger partial charge in [-0.2, -0.15) is 0 Å². The topological polar surface area (TPSA) is 38.5 Å². The zero-order valence-corrected chi connectivity index (χ0v) is 12.9. The lowest BCUT2D eigenvalue weighted by molar-refractivity contribution is 0.253. The number of hydrogen-bond acceptors (Lipinski definition) is 3. The van der Waals surface area contributed by atoms with Crippen LogP contribution in [0.2, 0.25) is 0 Å². The van der Waals surface area contributed by atoms with Crippen molar-refractivity contribution < 1.29 is 4.74 Å². The zero-order valence-electron chi connectivity index (χ0n) is 12.9. The minimum atomic E-state index is 0.452. The summed E-state index contributed by atoms with van der Waals surface area (Å²) in [5.41, 5.74) is 7.18. The molecule has 112 valence electrons. The molecular formula is C18H24N2O. The minimum absolute atomic E-state index is 0.452. The third kappa shape index (κ3) is 2.89. The number of hydrogen-bond donors (Lipinski definition) is 1. The maximum Gasteiger partial charge on any atom is 0.119 e. The Morgan fingerprint density at radius 1 is 1.24 bits per heavy atom. The van der Waals surface area contributed by atoms with Crippen molar-refractivity contribution in [3.63, 3.8) is 0 Å². The van der Waals surface area contributed by atoms with Crippen molar-refractivity contribution >= 4 is 10.8 Å². The Labute approximate surface area is 126 Å². The fourth-order valence-electron chi connectivity index (χ4n) is 3.25. The van der Waals surface area contributed by atoms with Crippen LogP contribution in [-0.2, 0) is 0 Å². The van der Waals surface area contributed by atoms with Crippen molar-refractivity contribution in [2.24, 2.45) is 11.7 Å². The van der Waals surface area contributed by atoms with Crippen LogP contribution in [0.3, 0.4) is 0 Å². The molecule has 2 aromatic carbocycles. The summed E-state index contributed by atoms with van der Waals surface area (Å²) in [4.78, 5) is 2.54. The monoisotopic (exact) mass is 284 g/mol. The standard InChI is InChI=1S/C18H24N2O/c1-13(20-8-7-14(11-19)12-20)15-3-4-17-10-18(21-2)6-5-16(17)9-15/h3-6,9-10,13-14H,7-8,11-12,19H2,1-2H3. The van der Waals surface area contributed by atoms with Gasteiger partial charge in [0.25, 0.3) is 0 Å². The van der Waals surface area contributed by atoms with E-state index in [0.717, 1.165) is 25.4 Å². The highest BCUT2D eigenvalue weighted by Crippen LogP contribution is 2.30. The van der Waals surface area contributed by atoms with Gasteiger partial charge in [0, 0.05) is 12.6 Å². The molecule has 2 atom stereocenters. The summed E-state index contributed by atoms with van der Waals surface area (Å²) in [7, 11) is 1.71. The van der Waals surface area contributed by atoms with E-state index < -0.39 is 0 Å². The molecule has 1 heterocycles. The van der Waals surface area contributed by atoms with E-state index in [1.807, 2.05) is 6.07 Å². The van der Waals surface area contributed by atoms with Crippen molar-refractivity contribution in [1.29, 1.82) is 0 Å². The molecule has 1 aliphatic heterocycles. The molecule has 0 amide bonds. The number of likely N-dealkylation sites (tertiary alicyclic amines) is 1. The first kappa shape index (κ1) is 14.4. The third-order valence-electron chi connectivity index (χ3n) is 4.75. The van der Waals surface area contributed by atoms with E-state index in [4.69, 9.17) is 10.5 Å². The average molecular weight is 284 g/mol. The second kappa shape index (κ2) is 6.04. The molecule has 0 radical (unpaired) electrons. The van der Waals surface area contributed by atoms with Crippen LogP contribution >= 0.6 is 0 Å². The first-order valence-electron chi connectivity index (χ1n) is 7.73. The van der Waals surface area contributed by atoms with Crippen molar-refractivity contribution in [1.82, 2.24) is 4.90 Å². The molecule has 0 aromatic heterocycles. The van der Waals surface area contributed by atoms with Crippen LogP contribution in [0.4, 0.5) is 0 Å². The molecule has 21 heavy (non-hydrogen) atoms. The SMILES string of the molecule is COc1ccc2cc(C(C)N3CCC(CN)C3)ccc2c1. The maximum atomic E-state index is 5.80. The first-order chi connectivity index (χ1) is 10.2. The highest BCUT2D eigenvalue weighted by molar-refractivity contribution is 5.84. The zero-order chi connectivity index (χ0) is 14.8. The van der Waals surface area contributed by atoms with E-state index in [-0.39, 0.29) is 0 Å². The van der Waals surface area contributed by atoms with Crippen molar-refractivity contribution in [3.8, 4) is 5.75 Å². The maximum absolute atomic E-state index is 5.80. The largest absolute Gasteiger partial charge is 0.497 e. The number of nitrogens with zero attached hydrogens (tertiary/aromatic N) is 1. The van der Waals surface area contributed by atoms with Gasteiger partial charge in [-0.15, -0.1) is 0 Å². The molecule has 3 heteroatoms. The van der Waals surface area contributed by atoms with Crippen LogP contribution in [0.1, 0.15) is 24.9 Å². The predicted octanol–water partition coefficient (Wildman–Crippen LogP) is 3.19. The van der Waals surface area contributed by atoms with E-state index in [1.54, 1.807) is 7.11 Å². The number of fused-ring (bicyclic) bond motifs is 1. The molecule has 1 aliphatic rings. The average Bonchev–Trinajstić information content (AvgIpc) is 3.02. The lowest BCUT2D eigenvalue weighted by Gasteiger charge is -2.25. The first-order valence-corrected chi connectivity index (χ1v) is 7.73. The van der Waals surface area contributed by atoms with E-state index in [0.29, 0.717) is 12.0 Å². The number of benzene rings is 2. The predicted molar refractivity (Wildman–Crippen MR) is 87.6 cm³/mol. The molecule has 2 N–H and O–H groups in total. The van der Waals surface area contributed by atoms with Crippen molar-refractivity contribution in [3.05, 3.63) is 42.0 Å². The molecule has 2 unspecified atom stereocenters. The number of rotatable bonds is 4. The second-order valence-electron chi connectivity index (χ2n) is 6.03. The van der Waals surface area contributed by atoms with E-state index in [1.165, 1.54) is 22.8 Å². The highest BCUT2D eigenvalue weighted by atomic mass is 16.5. The van der Waals surface area contributed by atoms with Crippen LogP contribution in [-0.4, -0.2) is 31.6 Å². The Kier molecular flexibility index (Phi) is 4.13. The fraction of sp³-hybridized carbons (Fsp3) is 0.444. The smallest absolute Gasteiger partial charge is 0.119 e. The van der Waals surface area contributed by atoms with Gasteiger partial charge in [0.2, 0.25) is 0 Å². The summed E-state index contributed by atoms with van der Waals surface area (Å²) in [6.07, 6.45) is 1.23. The highest BCUT2D eigenvalue weighted by Gasteiger charge is 2.25. The van der Waals surface area contributed by atoms with Crippen LogP contribution < -0.4 is 10.5 Å². The van der Waals surface area contributed by atoms with Crippen LogP contribution in [0.25, 0.3) is 10.8 Å². The summed E-state index contributed by atoms with van der Waals surface area (Å²) in [5, 5.41) is 2.50. The van der Waals surface area contributed by atoms with Crippen molar-refractivity contribution in [2.75, 3.05) is 26.7 Å². The van der Waals surface area contributed by atoms with E-state index in [9.17, 15) is 0 Å². The molecule has 3 nitrogen and oxygen atoms in total. The molecule has 3 rings (SSSR count). The number of methoxy groups -OCH3 is 1. The van der Waals surface area contributed by atoms with Gasteiger partial charge in [-0.25, -0.2) is 0 Å². The fourth-order valence-corrected chi connectivity index (χ4v) is 3.25. The molecule has 0 spiro atoms. The molecule has 0 saturated carbocycles. The van der Waals surface area contributed by atoms with Gasteiger partial charge in [0.15, 0.2) is 0 Å². The molecular weight excluding hydrogens is 260 g/mol. The van der Waals surface area contributed by atoms with E-state index >= 15 is 0 Å². The Bertz CT molecular complexity index is 626. The van der Waals surface area contributed by atoms with Gasteiger partial charge in [-0.05, 0) is 66.9 Å². The van der Waals surface area contributed by atoms with Gasteiger partial charge >= 0.3 is 0 Å². The van der Waals surface area contributed by atoms with Gasteiger partial charge < -0.3 is 10.5 Å². The molecule has 2 aromatic rings. The van der Waals surface area contributed by atoms with E-state index in [2.05, 4.69) is 42.2 Å². The summed E-state index contributed by atoms with van der Waals surface area (Å²) < 4.78 is 5.29. The Hall–Kier alpha value is -1.58. The van der Waals surface area contributed by atoms with Gasteiger partial charge in [-0.3, -0.25) is 4.90 Å². The van der Waals surface area contributed by atoms with Crippen LogP contribution in [0.15, 0.2) is 36.4 Å². The Morgan fingerprint density at radius 3 is 2.71 bits per heavy atom. The lowest BCUT2D eigenvalue weighted by atomic mass is 10.0. The number of nitrogens with two attached hydrogens (primary N) is 1. The summed E-state index contributed by atoms with van der Waals surface area (Å²) >= 11 is 0. The van der Waals surface area contributed by atoms with Crippen LogP contribution in [0.5, 0.6) is 5.75 Å². The minimum Gasteiger partial charge on any atom is -0.497 e. The van der Waals surface area contributed by atoms with Crippen LogP contribution in [0, 0.1) is 5.92 Å². The lowest BCUT2D eigenvalue weighted by Crippen LogP contribution is -2.26. The Morgan fingerprint density at radius 2 is 2.00 bits per heavy atom. The quantitative estimate of drug-likeness (QED) is 0.937. The summed E-state index contributed by atoms with van der Waals surface area (Å²) in [5.74, 6) is 1.57. The molecule has 1 saturated heterocycles. The van der Waals surface area contributed by atoms with Gasteiger partial charge in [0.1, 0.15) is 5.75 Å². The second-order valence-corrected chi connectivity index (χ2v) is 6.03.